The van der Waals surface area contributed by atoms with Gasteiger partial charge in [0.2, 0.25) is 0 Å². The van der Waals surface area contributed by atoms with Crippen LogP contribution in [0, 0.1) is 0 Å². The number of rotatable bonds is 3. The van der Waals surface area contributed by atoms with Crippen LogP contribution in [0.3, 0.4) is 0 Å². The van der Waals surface area contributed by atoms with Gasteiger partial charge in [-0.2, -0.15) is 0 Å². The Labute approximate surface area is 80.6 Å². The highest BCUT2D eigenvalue weighted by Crippen LogP contribution is 2.03. The van der Waals surface area contributed by atoms with Crippen molar-refractivity contribution in [1.82, 2.24) is 0 Å². The SMILES string of the molecule is CCS(=S)S(=S)S(=S)S. The van der Waals surface area contributed by atoms with E-state index in [1.807, 2.05) is 6.92 Å². The average molecular weight is 255 g/mol. The van der Waals surface area contributed by atoms with Crippen LogP contribution < -0.4 is 0 Å². The van der Waals surface area contributed by atoms with Gasteiger partial charge in [-0.3, -0.25) is 0 Å². The highest BCUT2D eigenvalue weighted by Gasteiger charge is 1.98. The molecule has 0 aliphatic rings. The van der Waals surface area contributed by atoms with Crippen molar-refractivity contribution in [2.24, 2.45) is 0 Å². The van der Waals surface area contributed by atoms with E-state index in [1.54, 1.807) is 0 Å². The van der Waals surface area contributed by atoms with Gasteiger partial charge in [0.1, 0.15) is 0 Å². The van der Waals surface area contributed by atoms with Crippen LogP contribution in [0.5, 0.6) is 0 Å². The first kappa shape index (κ1) is 11.1. The van der Waals surface area contributed by atoms with Crippen LogP contribution in [-0.4, -0.2) is 5.75 Å². The van der Waals surface area contributed by atoms with Crippen LogP contribution in [-0.2, 0) is 57.1 Å². The van der Waals surface area contributed by atoms with Gasteiger partial charge in [-0.05, 0) is 42.1 Å². The first-order chi connectivity index (χ1) is 4.09. The maximum atomic E-state index is 5.06. The fraction of sp³-hybridized carbons (Fsp3) is 1.00. The van der Waals surface area contributed by atoms with Crippen LogP contribution in [0.2, 0.25) is 0 Å². The van der Waals surface area contributed by atoms with Crippen LogP contribution in [0.4, 0.5) is 0 Å². The topological polar surface area (TPSA) is 0 Å². The quantitative estimate of drug-likeness (QED) is 0.588. The van der Waals surface area contributed by atoms with Crippen molar-refractivity contribution in [1.29, 1.82) is 0 Å². The van der Waals surface area contributed by atoms with Crippen molar-refractivity contribution < 1.29 is 0 Å². The first-order valence-electron chi connectivity index (χ1n) is 2.01. The Kier molecular flexibility index (Phi) is 6.98. The molecule has 0 aromatic carbocycles. The Bertz CT molecular complexity index is 156. The van der Waals surface area contributed by atoms with Crippen molar-refractivity contribution in [3.05, 3.63) is 0 Å². The lowest BCUT2D eigenvalue weighted by atomic mass is 11.0. The minimum atomic E-state index is -0.362. The number of hydrogen-bond acceptors (Lipinski definition) is 3. The molecule has 0 spiro atoms. The van der Waals surface area contributed by atoms with E-state index >= 15 is 0 Å². The van der Waals surface area contributed by atoms with Gasteiger partial charge in [-0.15, -0.1) is 0 Å². The van der Waals surface area contributed by atoms with Gasteiger partial charge in [0.15, 0.2) is 0 Å². The van der Waals surface area contributed by atoms with Crippen LogP contribution >= 0.6 is 11.7 Å². The van der Waals surface area contributed by atoms with E-state index in [0.29, 0.717) is 0 Å². The molecule has 0 N–H and O–H groups in total. The Hall–Kier alpha value is 2.06. The van der Waals surface area contributed by atoms with E-state index in [9.17, 15) is 0 Å². The molecule has 0 bridgehead atoms. The summed E-state index contributed by atoms with van der Waals surface area (Å²) in [5.74, 6) is 0.961. The molecule has 0 aromatic rings. The molecule has 0 nitrogen and oxygen atoms in total. The zero-order valence-corrected chi connectivity index (χ0v) is 10.4. The lowest BCUT2D eigenvalue weighted by Gasteiger charge is -2.01. The maximum absolute atomic E-state index is 5.06. The Morgan fingerprint density at radius 1 is 1.33 bits per heavy atom. The maximum Gasteiger partial charge on any atom is 0.0138 e. The Morgan fingerprint density at radius 2 is 1.78 bits per heavy atom. The molecule has 0 aromatic heterocycles. The van der Waals surface area contributed by atoms with Gasteiger partial charge in [0.25, 0.3) is 0 Å². The zero-order chi connectivity index (χ0) is 7.44. The number of thiol groups is 1. The lowest BCUT2D eigenvalue weighted by molar-refractivity contribution is 1.54. The second-order valence-corrected chi connectivity index (χ2v) is 16.2. The molecule has 3 unspecified atom stereocenters. The summed E-state index contributed by atoms with van der Waals surface area (Å²) >= 11 is 19.1. The summed E-state index contributed by atoms with van der Waals surface area (Å²) in [5.41, 5.74) is 0. The third-order valence-corrected chi connectivity index (χ3v) is 18.6. The Morgan fingerprint density at radius 3 is 1.89 bits per heavy atom. The molecule has 0 fully saturated rings. The molecule has 3 atom stereocenters. The molecule has 0 aliphatic heterocycles. The normalized spacial score (nSPS) is 20.7. The molecular formula is C2H6S7. The molecule has 7 heteroatoms. The molecular weight excluding hydrogens is 248 g/mol. The van der Waals surface area contributed by atoms with Crippen LogP contribution in [0.1, 0.15) is 6.92 Å². The van der Waals surface area contributed by atoms with E-state index in [0.717, 1.165) is 5.75 Å². The molecule has 0 heterocycles. The lowest BCUT2D eigenvalue weighted by Crippen LogP contribution is -2.00. The first-order valence-corrected chi connectivity index (χ1v) is 10.7. The highest BCUT2D eigenvalue weighted by atomic mass is 33.9. The molecule has 0 saturated carbocycles. The smallest absolute Gasteiger partial charge is 0.0138 e. The van der Waals surface area contributed by atoms with E-state index in [2.05, 4.69) is 11.7 Å². The molecule has 56 valence electrons. The Balaban J connectivity index is 4.05. The van der Waals surface area contributed by atoms with Crippen molar-refractivity contribution in [2.45, 2.75) is 6.92 Å². The summed E-state index contributed by atoms with van der Waals surface area (Å²) in [4.78, 5) is 0. The van der Waals surface area contributed by atoms with E-state index in [4.69, 9.17) is 33.6 Å². The van der Waals surface area contributed by atoms with E-state index in [-0.39, 0.29) is 23.5 Å². The monoisotopic (exact) mass is 254 g/mol. The van der Waals surface area contributed by atoms with Crippen molar-refractivity contribution in [2.75, 3.05) is 5.75 Å². The molecule has 0 radical (unpaired) electrons. The summed E-state index contributed by atoms with van der Waals surface area (Å²) in [6.07, 6.45) is 0. The summed E-state index contributed by atoms with van der Waals surface area (Å²) in [6.45, 7) is 2.04. The molecule has 0 amide bonds. The summed E-state index contributed by atoms with van der Waals surface area (Å²) in [5, 5.41) is 0. The molecule has 9 heavy (non-hydrogen) atoms. The van der Waals surface area contributed by atoms with Gasteiger partial charge >= 0.3 is 0 Å². The predicted octanol–water partition coefficient (Wildman–Crippen LogP) is 0.922. The third kappa shape index (κ3) is 4.49. The second-order valence-electron chi connectivity index (χ2n) is 1.01. The minimum absolute atomic E-state index is 0.0941. The summed E-state index contributed by atoms with van der Waals surface area (Å²) in [7, 11) is -0.690. The second kappa shape index (κ2) is 5.68. The standard InChI is InChI=1S/C2H6S7/c1-2-7(3)9(6)8(4)5/h2H2,1H3,(H,4,5). The van der Waals surface area contributed by atoms with Gasteiger partial charge in [-0.25, -0.2) is 0 Å². The van der Waals surface area contributed by atoms with Crippen LogP contribution in [0.15, 0.2) is 0 Å². The van der Waals surface area contributed by atoms with Gasteiger partial charge in [0.05, 0.1) is 0 Å². The fourth-order valence-corrected chi connectivity index (χ4v) is 11.7. The average Bonchev–Trinajstić information content (AvgIpc) is 1.84. The molecule has 0 saturated heterocycles. The summed E-state index contributed by atoms with van der Waals surface area (Å²) in [6, 6.07) is 0. The fourth-order valence-electron chi connectivity index (χ4n) is 0.161. The van der Waals surface area contributed by atoms with Gasteiger partial charge in [-0.1, -0.05) is 18.6 Å². The summed E-state index contributed by atoms with van der Waals surface area (Å²) < 4.78 is 0. The molecule has 0 rings (SSSR count). The third-order valence-electron chi connectivity index (χ3n) is 0.504. The van der Waals surface area contributed by atoms with E-state index in [1.165, 1.54) is 0 Å². The van der Waals surface area contributed by atoms with Crippen molar-refractivity contribution >= 4 is 68.7 Å². The van der Waals surface area contributed by atoms with Gasteiger partial charge in [0, 0.05) is 20.8 Å². The van der Waals surface area contributed by atoms with Crippen molar-refractivity contribution in [3.63, 3.8) is 0 Å². The van der Waals surface area contributed by atoms with Crippen molar-refractivity contribution in [3.8, 4) is 0 Å². The number of hydrogen-bond donors (Lipinski definition) is 1. The zero-order valence-electron chi connectivity index (χ0n) is 4.60. The molecule has 0 aliphatic carbocycles. The minimum Gasteiger partial charge on any atom is -0.0950 e. The van der Waals surface area contributed by atoms with E-state index < -0.39 is 0 Å². The predicted molar refractivity (Wildman–Crippen MR) is 63.7 cm³/mol. The largest absolute Gasteiger partial charge is 0.0950 e. The van der Waals surface area contributed by atoms with Crippen LogP contribution in [0.25, 0.3) is 0 Å². The van der Waals surface area contributed by atoms with Gasteiger partial charge < -0.3 is 0 Å². The highest BCUT2D eigenvalue weighted by molar-refractivity contribution is 9.27.